The van der Waals surface area contributed by atoms with Crippen molar-refractivity contribution in [2.24, 2.45) is 11.3 Å². The predicted molar refractivity (Wildman–Crippen MR) is 73.9 cm³/mol. The topological polar surface area (TPSA) is 29.1 Å². The van der Waals surface area contributed by atoms with E-state index in [1.807, 2.05) is 0 Å². The molecule has 0 spiro atoms. The summed E-state index contributed by atoms with van der Waals surface area (Å²) in [5, 5.41) is 4.08. The third-order valence-corrected chi connectivity index (χ3v) is 3.54. The van der Waals surface area contributed by atoms with E-state index in [0.29, 0.717) is 12.3 Å². The van der Waals surface area contributed by atoms with Crippen molar-refractivity contribution in [2.75, 3.05) is 11.9 Å². The van der Waals surface area contributed by atoms with Crippen molar-refractivity contribution in [2.45, 2.75) is 53.4 Å². The molecule has 1 amide bonds. The van der Waals surface area contributed by atoms with Gasteiger partial charge in [-0.05, 0) is 24.2 Å². The van der Waals surface area contributed by atoms with Gasteiger partial charge in [0.05, 0.1) is 0 Å². The summed E-state index contributed by atoms with van der Waals surface area (Å²) in [5.74, 6) is 0.687. The summed E-state index contributed by atoms with van der Waals surface area (Å²) < 4.78 is 0. The van der Waals surface area contributed by atoms with Gasteiger partial charge in [0.2, 0.25) is 5.91 Å². The second-order valence-electron chi connectivity index (χ2n) is 5.45. The predicted octanol–water partition coefficient (Wildman–Crippen LogP) is 3.74. The van der Waals surface area contributed by atoms with E-state index in [2.05, 4.69) is 48.9 Å². The summed E-state index contributed by atoms with van der Waals surface area (Å²) in [6, 6.07) is 0. The Morgan fingerprint density at radius 3 is 2.56 bits per heavy atom. The van der Waals surface area contributed by atoms with Gasteiger partial charge in [-0.2, -0.15) is 0 Å². The van der Waals surface area contributed by atoms with Gasteiger partial charge in [-0.1, -0.05) is 50.0 Å². The highest BCUT2D eigenvalue weighted by atomic mass is 79.9. The van der Waals surface area contributed by atoms with Crippen molar-refractivity contribution < 1.29 is 4.79 Å². The lowest BCUT2D eigenvalue weighted by molar-refractivity contribution is -0.122. The molecule has 1 atom stereocenters. The normalized spacial score (nSPS) is 13.6. The minimum Gasteiger partial charge on any atom is -0.356 e. The molecule has 0 aromatic carbocycles. The molecule has 0 fully saturated rings. The number of carbonyl (C=O) groups excluding carboxylic acids is 1. The number of alkyl halides is 1. The molecule has 0 aliphatic rings. The molecule has 2 nitrogen and oxygen atoms in total. The SMILES string of the molecule is CCC(C)CC(=O)NCC(C)(C)CCCBr. The molecule has 0 rings (SSSR count). The second-order valence-corrected chi connectivity index (χ2v) is 6.24. The summed E-state index contributed by atoms with van der Waals surface area (Å²) in [4.78, 5) is 11.6. The van der Waals surface area contributed by atoms with Crippen LogP contribution in [0.25, 0.3) is 0 Å². The van der Waals surface area contributed by atoms with Crippen LogP contribution in [0.1, 0.15) is 53.4 Å². The van der Waals surface area contributed by atoms with Crippen LogP contribution in [0.3, 0.4) is 0 Å². The van der Waals surface area contributed by atoms with E-state index in [1.54, 1.807) is 0 Å². The first kappa shape index (κ1) is 16.0. The van der Waals surface area contributed by atoms with Crippen molar-refractivity contribution in [3.63, 3.8) is 0 Å². The van der Waals surface area contributed by atoms with Crippen LogP contribution in [0.2, 0.25) is 0 Å². The van der Waals surface area contributed by atoms with Gasteiger partial charge in [-0.15, -0.1) is 0 Å². The fourth-order valence-corrected chi connectivity index (χ4v) is 1.78. The zero-order chi connectivity index (χ0) is 12.6. The van der Waals surface area contributed by atoms with Crippen LogP contribution in [-0.2, 0) is 4.79 Å². The van der Waals surface area contributed by atoms with Gasteiger partial charge in [0, 0.05) is 18.3 Å². The zero-order valence-electron chi connectivity index (χ0n) is 11.1. The maximum absolute atomic E-state index is 11.6. The van der Waals surface area contributed by atoms with E-state index in [1.165, 1.54) is 0 Å². The van der Waals surface area contributed by atoms with E-state index >= 15 is 0 Å². The summed E-state index contributed by atoms with van der Waals surface area (Å²) >= 11 is 3.44. The lowest BCUT2D eigenvalue weighted by Gasteiger charge is -2.25. The minimum absolute atomic E-state index is 0.196. The zero-order valence-corrected chi connectivity index (χ0v) is 12.7. The number of rotatable bonds is 8. The van der Waals surface area contributed by atoms with Gasteiger partial charge < -0.3 is 5.32 Å². The fraction of sp³-hybridized carbons (Fsp3) is 0.923. The number of hydrogen-bond donors (Lipinski definition) is 1. The van der Waals surface area contributed by atoms with Crippen LogP contribution in [-0.4, -0.2) is 17.8 Å². The molecule has 0 bridgehead atoms. The Kier molecular flexibility index (Phi) is 8.08. The number of carbonyl (C=O) groups is 1. The Balaban J connectivity index is 3.81. The molecule has 0 aromatic heterocycles. The Morgan fingerprint density at radius 1 is 1.44 bits per heavy atom. The average Bonchev–Trinajstić information content (AvgIpc) is 2.24. The minimum atomic E-state index is 0.196. The fourth-order valence-electron chi connectivity index (χ4n) is 1.50. The molecular weight excluding hydrogens is 266 g/mol. The highest BCUT2D eigenvalue weighted by Crippen LogP contribution is 2.21. The smallest absolute Gasteiger partial charge is 0.220 e. The van der Waals surface area contributed by atoms with Crippen LogP contribution >= 0.6 is 15.9 Å². The van der Waals surface area contributed by atoms with Gasteiger partial charge in [-0.25, -0.2) is 0 Å². The molecule has 16 heavy (non-hydrogen) atoms. The van der Waals surface area contributed by atoms with E-state index < -0.39 is 0 Å². The maximum Gasteiger partial charge on any atom is 0.220 e. The van der Waals surface area contributed by atoms with Gasteiger partial charge in [-0.3, -0.25) is 4.79 Å². The van der Waals surface area contributed by atoms with Crippen LogP contribution in [0.15, 0.2) is 0 Å². The van der Waals surface area contributed by atoms with Crippen LogP contribution < -0.4 is 5.32 Å². The lowest BCUT2D eigenvalue weighted by Crippen LogP contribution is -2.34. The molecule has 96 valence electrons. The standard InChI is InChI=1S/C13H26BrNO/c1-5-11(2)9-12(16)15-10-13(3,4)7-6-8-14/h11H,5-10H2,1-4H3,(H,15,16). The monoisotopic (exact) mass is 291 g/mol. The highest BCUT2D eigenvalue weighted by Gasteiger charge is 2.18. The van der Waals surface area contributed by atoms with E-state index in [-0.39, 0.29) is 11.3 Å². The molecule has 0 saturated carbocycles. The summed E-state index contributed by atoms with van der Waals surface area (Å²) in [6.45, 7) is 9.45. The second kappa shape index (κ2) is 8.10. The van der Waals surface area contributed by atoms with Gasteiger partial charge in [0.15, 0.2) is 0 Å². The third kappa shape index (κ3) is 8.14. The maximum atomic E-state index is 11.6. The lowest BCUT2D eigenvalue weighted by atomic mass is 9.88. The van der Waals surface area contributed by atoms with Crippen LogP contribution in [0.4, 0.5) is 0 Å². The van der Waals surface area contributed by atoms with Crippen LogP contribution in [0.5, 0.6) is 0 Å². The molecule has 1 unspecified atom stereocenters. The van der Waals surface area contributed by atoms with Gasteiger partial charge >= 0.3 is 0 Å². The molecule has 0 aliphatic heterocycles. The molecule has 0 radical (unpaired) electrons. The van der Waals surface area contributed by atoms with Gasteiger partial charge in [0.1, 0.15) is 0 Å². The van der Waals surface area contributed by atoms with E-state index in [0.717, 1.165) is 31.1 Å². The Labute approximate surface area is 109 Å². The molecular formula is C13H26BrNO. The number of amides is 1. The van der Waals surface area contributed by atoms with Crippen molar-refractivity contribution in [1.82, 2.24) is 5.32 Å². The quantitative estimate of drug-likeness (QED) is 0.678. The average molecular weight is 292 g/mol. The van der Waals surface area contributed by atoms with Gasteiger partial charge in [0.25, 0.3) is 0 Å². The summed E-state index contributed by atoms with van der Waals surface area (Å²) in [6.07, 6.45) is 4.03. The first-order valence-corrected chi connectivity index (χ1v) is 7.36. The Bertz CT molecular complexity index is 204. The Morgan fingerprint density at radius 2 is 2.06 bits per heavy atom. The summed E-state index contributed by atoms with van der Waals surface area (Å²) in [7, 11) is 0. The number of nitrogens with one attached hydrogen (secondary N) is 1. The molecule has 0 aromatic rings. The number of hydrogen-bond acceptors (Lipinski definition) is 1. The van der Waals surface area contributed by atoms with Crippen molar-refractivity contribution >= 4 is 21.8 Å². The van der Waals surface area contributed by atoms with Crippen molar-refractivity contribution in [1.29, 1.82) is 0 Å². The summed E-state index contributed by atoms with van der Waals surface area (Å²) in [5.41, 5.74) is 0.207. The third-order valence-electron chi connectivity index (χ3n) is 2.98. The first-order chi connectivity index (χ1) is 7.41. The molecule has 0 aliphatic carbocycles. The van der Waals surface area contributed by atoms with Crippen molar-refractivity contribution in [3.05, 3.63) is 0 Å². The molecule has 0 heterocycles. The molecule has 0 saturated heterocycles. The molecule has 1 N–H and O–H groups in total. The largest absolute Gasteiger partial charge is 0.356 e. The van der Waals surface area contributed by atoms with Crippen molar-refractivity contribution in [3.8, 4) is 0 Å². The first-order valence-electron chi connectivity index (χ1n) is 6.24. The van der Waals surface area contributed by atoms with E-state index in [9.17, 15) is 4.79 Å². The highest BCUT2D eigenvalue weighted by molar-refractivity contribution is 9.09. The Hall–Kier alpha value is -0.0500. The van der Waals surface area contributed by atoms with E-state index in [4.69, 9.17) is 0 Å². The van der Waals surface area contributed by atoms with Crippen LogP contribution in [0, 0.1) is 11.3 Å². The molecule has 3 heteroatoms. The number of halogens is 1.